The molecule has 3 atom stereocenters. The minimum absolute atomic E-state index is 0.411. The number of halogens is 11. The van der Waals surface area contributed by atoms with Crippen molar-refractivity contribution in [3.05, 3.63) is 0 Å². The smallest absolute Gasteiger partial charge is 0.276 e. The fourth-order valence-electron chi connectivity index (χ4n) is 1.34. The molecule has 14 heteroatoms. The van der Waals surface area contributed by atoms with E-state index in [1.165, 1.54) is 0 Å². The SMILES string of the molecule is CC1(F)OC(F)(OC(F)(CF)CF)C(F)(C(F)(F)F)OC1(F)F. The third-order valence-corrected chi connectivity index (χ3v) is 2.57. The molecule has 0 aromatic carbocycles. The molecule has 0 aromatic rings. The van der Waals surface area contributed by atoms with E-state index in [0.29, 0.717) is 0 Å². The Morgan fingerprint density at radius 2 is 1.30 bits per heavy atom. The van der Waals surface area contributed by atoms with Crippen molar-refractivity contribution in [2.45, 2.75) is 42.8 Å². The van der Waals surface area contributed by atoms with Crippen LogP contribution in [0.5, 0.6) is 0 Å². The van der Waals surface area contributed by atoms with Gasteiger partial charge in [-0.15, -0.1) is 0 Å². The molecule has 0 amide bonds. The molecule has 0 spiro atoms. The molecular weight excluding hydrogens is 365 g/mol. The Morgan fingerprint density at radius 3 is 1.65 bits per heavy atom. The molecule has 1 heterocycles. The number of alkyl halides is 11. The Balaban J connectivity index is 3.45. The van der Waals surface area contributed by atoms with Crippen molar-refractivity contribution in [2.75, 3.05) is 13.3 Å². The highest BCUT2D eigenvalue weighted by atomic mass is 19.4. The second kappa shape index (κ2) is 5.31. The van der Waals surface area contributed by atoms with Gasteiger partial charge >= 0.3 is 30.0 Å². The highest BCUT2D eigenvalue weighted by molar-refractivity contribution is 4.97. The lowest BCUT2D eigenvalue weighted by Crippen LogP contribution is -2.74. The molecule has 23 heavy (non-hydrogen) atoms. The molecule has 0 radical (unpaired) electrons. The molecule has 3 nitrogen and oxygen atoms in total. The van der Waals surface area contributed by atoms with Crippen molar-refractivity contribution in [3.8, 4) is 0 Å². The van der Waals surface area contributed by atoms with E-state index in [0.717, 1.165) is 0 Å². The third kappa shape index (κ3) is 3.07. The molecule has 0 aliphatic carbocycles. The molecular formula is C9H7F11O3. The van der Waals surface area contributed by atoms with E-state index in [2.05, 4.69) is 14.2 Å². The maximum Gasteiger partial charge on any atom is 0.457 e. The predicted molar refractivity (Wildman–Crippen MR) is 47.2 cm³/mol. The molecule has 1 aliphatic rings. The van der Waals surface area contributed by atoms with E-state index in [1.54, 1.807) is 0 Å². The maximum absolute atomic E-state index is 14.0. The van der Waals surface area contributed by atoms with Crippen molar-refractivity contribution in [3.63, 3.8) is 0 Å². The summed E-state index contributed by atoms with van der Waals surface area (Å²) in [7, 11) is 0. The van der Waals surface area contributed by atoms with Crippen LogP contribution < -0.4 is 0 Å². The zero-order chi connectivity index (χ0) is 18.5. The van der Waals surface area contributed by atoms with Gasteiger partial charge in [0.15, 0.2) is 13.3 Å². The van der Waals surface area contributed by atoms with Crippen LogP contribution in [0.3, 0.4) is 0 Å². The summed E-state index contributed by atoms with van der Waals surface area (Å²) in [4.78, 5) is 0. The molecule has 1 saturated heterocycles. The summed E-state index contributed by atoms with van der Waals surface area (Å²) in [5.41, 5.74) is 0. The van der Waals surface area contributed by atoms with Crippen LogP contribution in [-0.4, -0.2) is 49.2 Å². The molecule has 0 aromatic heterocycles. The van der Waals surface area contributed by atoms with Gasteiger partial charge in [0, 0.05) is 6.92 Å². The van der Waals surface area contributed by atoms with Crippen LogP contribution >= 0.6 is 0 Å². The normalized spacial score (nSPS) is 38.6. The largest absolute Gasteiger partial charge is 0.457 e. The molecule has 0 N–H and O–H groups in total. The predicted octanol–water partition coefficient (Wildman–Crippen LogP) is 3.78. The molecule has 0 bridgehead atoms. The average molecular weight is 372 g/mol. The van der Waals surface area contributed by atoms with Crippen LogP contribution in [0.15, 0.2) is 0 Å². The first-order chi connectivity index (χ1) is 9.99. The molecule has 1 aliphatic heterocycles. The summed E-state index contributed by atoms with van der Waals surface area (Å²) in [5, 5.41) is 0. The zero-order valence-electron chi connectivity index (χ0n) is 10.8. The van der Waals surface area contributed by atoms with Crippen molar-refractivity contribution in [1.82, 2.24) is 0 Å². The molecule has 1 fully saturated rings. The van der Waals surface area contributed by atoms with Gasteiger partial charge in [0.1, 0.15) is 0 Å². The second-order valence-corrected chi connectivity index (χ2v) is 4.52. The van der Waals surface area contributed by atoms with Crippen LogP contribution in [0.2, 0.25) is 0 Å². The third-order valence-electron chi connectivity index (χ3n) is 2.57. The standard InChI is InChI=1S/C9H7F11O3/c1-4(12)8(18,19)23-6(14,7(15,16)17)9(20,21-4)22-5(13,2-10)3-11/h2-3H2,1H3. The summed E-state index contributed by atoms with van der Waals surface area (Å²) in [6.07, 6.45) is -12.5. The first-order valence-electron chi connectivity index (χ1n) is 5.42. The van der Waals surface area contributed by atoms with Crippen LogP contribution in [0.1, 0.15) is 6.92 Å². The van der Waals surface area contributed by atoms with E-state index < -0.39 is 56.2 Å². The zero-order valence-corrected chi connectivity index (χ0v) is 10.8. The van der Waals surface area contributed by atoms with E-state index in [4.69, 9.17) is 0 Å². The molecule has 3 unspecified atom stereocenters. The number of hydrogen-bond acceptors (Lipinski definition) is 3. The van der Waals surface area contributed by atoms with Crippen molar-refractivity contribution in [1.29, 1.82) is 0 Å². The van der Waals surface area contributed by atoms with E-state index in [-0.39, 0.29) is 0 Å². The number of hydrogen-bond donors (Lipinski definition) is 0. The lowest BCUT2D eigenvalue weighted by atomic mass is 10.1. The van der Waals surface area contributed by atoms with Crippen LogP contribution in [-0.2, 0) is 14.2 Å². The Morgan fingerprint density at radius 1 is 0.870 bits per heavy atom. The monoisotopic (exact) mass is 372 g/mol. The van der Waals surface area contributed by atoms with E-state index in [9.17, 15) is 48.3 Å². The summed E-state index contributed by atoms with van der Waals surface area (Å²) in [5.74, 6) is -15.7. The summed E-state index contributed by atoms with van der Waals surface area (Å²) >= 11 is 0. The maximum atomic E-state index is 14.0. The van der Waals surface area contributed by atoms with Crippen molar-refractivity contribution >= 4 is 0 Å². The minimum Gasteiger partial charge on any atom is -0.276 e. The summed E-state index contributed by atoms with van der Waals surface area (Å²) in [6.45, 7) is -5.79. The quantitative estimate of drug-likeness (QED) is 0.703. The first-order valence-corrected chi connectivity index (χ1v) is 5.42. The Hall–Kier alpha value is -0.890. The Labute approximate surface area is 120 Å². The lowest BCUT2D eigenvalue weighted by molar-refractivity contribution is -0.620. The van der Waals surface area contributed by atoms with Crippen LogP contribution in [0.25, 0.3) is 0 Å². The summed E-state index contributed by atoms with van der Waals surface area (Å²) < 4.78 is 151. The van der Waals surface area contributed by atoms with Gasteiger partial charge < -0.3 is 0 Å². The number of ether oxygens (including phenoxy) is 3. The van der Waals surface area contributed by atoms with Gasteiger partial charge in [-0.3, -0.25) is 14.2 Å². The van der Waals surface area contributed by atoms with E-state index in [1.807, 2.05) is 0 Å². The van der Waals surface area contributed by atoms with Gasteiger partial charge in [-0.25, -0.2) is 17.6 Å². The van der Waals surface area contributed by atoms with Crippen molar-refractivity contribution < 1.29 is 62.5 Å². The van der Waals surface area contributed by atoms with Gasteiger partial charge in [0.2, 0.25) is 0 Å². The van der Waals surface area contributed by atoms with E-state index >= 15 is 0 Å². The second-order valence-electron chi connectivity index (χ2n) is 4.52. The van der Waals surface area contributed by atoms with Crippen LogP contribution in [0, 0.1) is 0 Å². The van der Waals surface area contributed by atoms with Crippen LogP contribution in [0.4, 0.5) is 48.3 Å². The van der Waals surface area contributed by atoms with Gasteiger partial charge in [-0.2, -0.15) is 30.7 Å². The van der Waals surface area contributed by atoms with Gasteiger partial charge in [0.25, 0.3) is 5.85 Å². The van der Waals surface area contributed by atoms with Gasteiger partial charge in [0.05, 0.1) is 0 Å². The lowest BCUT2D eigenvalue weighted by Gasteiger charge is -2.49. The first kappa shape index (κ1) is 20.2. The van der Waals surface area contributed by atoms with Gasteiger partial charge in [-0.1, -0.05) is 0 Å². The molecule has 0 saturated carbocycles. The average Bonchev–Trinajstić information content (AvgIpc) is 2.34. The van der Waals surface area contributed by atoms with Crippen molar-refractivity contribution in [2.24, 2.45) is 0 Å². The minimum atomic E-state index is -6.74. The Bertz CT molecular complexity index is 445. The fourth-order valence-corrected chi connectivity index (χ4v) is 1.34. The molecule has 1 rings (SSSR count). The fraction of sp³-hybridized carbons (Fsp3) is 1.00. The van der Waals surface area contributed by atoms with Gasteiger partial charge in [-0.05, 0) is 0 Å². The molecule has 138 valence electrons. The summed E-state index contributed by atoms with van der Waals surface area (Å²) in [6, 6.07) is -5.83. The highest BCUT2D eigenvalue weighted by Gasteiger charge is 2.85. The highest BCUT2D eigenvalue weighted by Crippen LogP contribution is 2.58. The topological polar surface area (TPSA) is 27.7 Å². The number of rotatable bonds is 4. The Kier molecular flexibility index (Phi) is 4.65.